The van der Waals surface area contributed by atoms with Crippen molar-refractivity contribution in [2.24, 2.45) is 0 Å². The van der Waals surface area contributed by atoms with Crippen molar-refractivity contribution in [1.29, 1.82) is 5.26 Å². The first-order valence-corrected chi connectivity index (χ1v) is 9.24. The quantitative estimate of drug-likeness (QED) is 0.350. The summed E-state index contributed by atoms with van der Waals surface area (Å²) in [6.45, 7) is 7.15. The van der Waals surface area contributed by atoms with E-state index in [4.69, 9.17) is 0 Å². The van der Waals surface area contributed by atoms with Gasteiger partial charge in [0.1, 0.15) is 11.4 Å². The number of carbonyl (C=O) groups excluding carboxylic acids is 1. The summed E-state index contributed by atoms with van der Waals surface area (Å²) in [5, 5.41) is 24.9. The summed E-state index contributed by atoms with van der Waals surface area (Å²) in [5.74, 6) is -1.28. The molecule has 152 valence electrons. The van der Waals surface area contributed by atoms with Crippen molar-refractivity contribution < 1.29 is 9.72 Å². The van der Waals surface area contributed by atoms with Gasteiger partial charge in [-0.2, -0.15) is 10.4 Å². The van der Waals surface area contributed by atoms with Crippen molar-refractivity contribution in [3.63, 3.8) is 0 Å². The van der Waals surface area contributed by atoms with E-state index in [0.29, 0.717) is 34.9 Å². The lowest BCUT2D eigenvalue weighted by Gasteiger charge is -2.10. The Hall–Kier alpha value is -3.93. The van der Waals surface area contributed by atoms with E-state index < -0.39 is 10.8 Å². The topological polar surface area (TPSA) is 128 Å². The SMILES string of the molecule is Cc1cc(C)nc(C(C#N)C(=O)c2ccc(Cn3nc(C)c([N+](=O)[O-])c3C)cc2)n1. The Labute approximate surface area is 173 Å². The highest BCUT2D eigenvalue weighted by Crippen LogP contribution is 2.23. The maximum Gasteiger partial charge on any atom is 0.312 e. The van der Waals surface area contributed by atoms with Gasteiger partial charge < -0.3 is 0 Å². The first-order valence-electron chi connectivity index (χ1n) is 9.24. The lowest BCUT2D eigenvalue weighted by atomic mass is 9.97. The van der Waals surface area contributed by atoms with Crippen LogP contribution >= 0.6 is 0 Å². The van der Waals surface area contributed by atoms with Crippen LogP contribution in [0.3, 0.4) is 0 Å². The Morgan fingerprint density at radius 1 is 1.17 bits per heavy atom. The van der Waals surface area contributed by atoms with Gasteiger partial charge in [0, 0.05) is 17.0 Å². The molecule has 1 aromatic carbocycles. The predicted octanol–water partition coefficient (Wildman–Crippen LogP) is 3.35. The highest BCUT2D eigenvalue weighted by atomic mass is 16.6. The van der Waals surface area contributed by atoms with Crippen molar-refractivity contribution >= 4 is 11.5 Å². The monoisotopic (exact) mass is 404 g/mol. The number of nitrogens with zero attached hydrogens (tertiary/aromatic N) is 6. The third kappa shape index (κ3) is 4.07. The van der Waals surface area contributed by atoms with E-state index in [2.05, 4.69) is 15.1 Å². The maximum atomic E-state index is 12.9. The van der Waals surface area contributed by atoms with Crippen LogP contribution < -0.4 is 0 Å². The molecule has 0 aliphatic rings. The number of aryl methyl sites for hydroxylation is 3. The molecule has 9 nitrogen and oxygen atoms in total. The van der Waals surface area contributed by atoms with Crippen molar-refractivity contribution in [3.05, 3.63) is 80.2 Å². The average Bonchev–Trinajstić information content (AvgIpc) is 2.95. The van der Waals surface area contributed by atoms with Gasteiger partial charge >= 0.3 is 5.69 Å². The summed E-state index contributed by atoms with van der Waals surface area (Å²) in [6.07, 6.45) is 0. The minimum absolute atomic E-state index is 0.00658. The fourth-order valence-electron chi connectivity index (χ4n) is 3.34. The van der Waals surface area contributed by atoms with Gasteiger partial charge in [-0.3, -0.25) is 19.6 Å². The molecule has 0 saturated heterocycles. The van der Waals surface area contributed by atoms with Crippen LogP contribution in [0, 0.1) is 49.1 Å². The molecule has 30 heavy (non-hydrogen) atoms. The smallest absolute Gasteiger partial charge is 0.292 e. The minimum atomic E-state index is -1.09. The molecule has 0 bridgehead atoms. The molecule has 0 aliphatic carbocycles. The molecule has 3 rings (SSSR count). The molecule has 0 aliphatic heterocycles. The fraction of sp³-hybridized carbons (Fsp3) is 0.286. The van der Waals surface area contributed by atoms with Gasteiger partial charge in [0.2, 0.25) is 0 Å². The first kappa shape index (κ1) is 20.8. The molecule has 1 unspecified atom stereocenters. The third-order valence-corrected chi connectivity index (χ3v) is 4.75. The zero-order valence-electron chi connectivity index (χ0n) is 17.1. The Morgan fingerprint density at radius 2 is 1.77 bits per heavy atom. The Balaban J connectivity index is 1.83. The summed E-state index contributed by atoms with van der Waals surface area (Å²) in [4.78, 5) is 32.0. The predicted molar refractivity (Wildman–Crippen MR) is 108 cm³/mol. The molecule has 2 heterocycles. The second-order valence-electron chi connectivity index (χ2n) is 7.07. The van der Waals surface area contributed by atoms with Crippen LogP contribution in [0.2, 0.25) is 0 Å². The number of hydrogen-bond donors (Lipinski definition) is 0. The highest BCUT2D eigenvalue weighted by Gasteiger charge is 2.25. The zero-order chi connectivity index (χ0) is 22.0. The standard InChI is InChI=1S/C21H20N6O3/c1-12-9-13(2)24-21(23-12)18(10-22)20(28)17-7-5-16(6-8-17)11-26-15(4)19(27(29)30)14(3)25-26/h5-9,18H,11H2,1-4H3. The minimum Gasteiger partial charge on any atom is -0.292 e. The van der Waals surface area contributed by atoms with Gasteiger partial charge in [-0.1, -0.05) is 24.3 Å². The van der Waals surface area contributed by atoms with Crippen LogP contribution in [0.1, 0.15) is 50.4 Å². The molecule has 3 aromatic rings. The fourth-order valence-corrected chi connectivity index (χ4v) is 3.34. The molecule has 0 saturated carbocycles. The van der Waals surface area contributed by atoms with Gasteiger partial charge in [0.25, 0.3) is 0 Å². The highest BCUT2D eigenvalue weighted by molar-refractivity contribution is 6.02. The molecule has 0 spiro atoms. The average molecular weight is 404 g/mol. The summed E-state index contributed by atoms with van der Waals surface area (Å²) >= 11 is 0. The van der Waals surface area contributed by atoms with Crippen LogP contribution in [0.5, 0.6) is 0 Å². The van der Waals surface area contributed by atoms with Gasteiger partial charge in [-0.25, -0.2) is 9.97 Å². The van der Waals surface area contributed by atoms with Crippen LogP contribution in [-0.4, -0.2) is 30.5 Å². The van der Waals surface area contributed by atoms with Crippen LogP contribution in [0.25, 0.3) is 0 Å². The second-order valence-corrected chi connectivity index (χ2v) is 7.07. The number of nitro groups is 1. The number of nitriles is 1. The van der Waals surface area contributed by atoms with E-state index in [1.807, 2.05) is 6.07 Å². The number of rotatable bonds is 6. The lowest BCUT2D eigenvalue weighted by Crippen LogP contribution is -2.15. The summed E-state index contributed by atoms with van der Waals surface area (Å²) < 4.78 is 1.56. The van der Waals surface area contributed by atoms with Crippen molar-refractivity contribution in [2.75, 3.05) is 0 Å². The number of aromatic nitrogens is 4. The molecule has 9 heteroatoms. The normalized spacial score (nSPS) is 11.7. The van der Waals surface area contributed by atoms with Gasteiger partial charge in [0.15, 0.2) is 17.5 Å². The van der Waals surface area contributed by atoms with E-state index in [9.17, 15) is 20.2 Å². The molecule has 1 atom stereocenters. The summed E-state index contributed by atoms with van der Waals surface area (Å²) in [7, 11) is 0. The second kappa shape index (κ2) is 8.21. The Bertz CT molecular complexity index is 1150. The van der Waals surface area contributed by atoms with Gasteiger partial charge in [0.05, 0.1) is 17.5 Å². The van der Waals surface area contributed by atoms with E-state index >= 15 is 0 Å². The summed E-state index contributed by atoms with van der Waals surface area (Å²) in [5.41, 5.74) is 3.41. The van der Waals surface area contributed by atoms with E-state index in [1.165, 1.54) is 0 Å². The van der Waals surface area contributed by atoms with Crippen LogP contribution in [0.15, 0.2) is 30.3 Å². The molecule has 2 aromatic heterocycles. The van der Waals surface area contributed by atoms with Crippen molar-refractivity contribution in [1.82, 2.24) is 19.7 Å². The first-order chi connectivity index (χ1) is 14.2. The van der Waals surface area contributed by atoms with Gasteiger partial charge in [-0.15, -0.1) is 0 Å². The molecular weight excluding hydrogens is 384 g/mol. The number of benzene rings is 1. The van der Waals surface area contributed by atoms with E-state index in [-0.39, 0.29) is 17.3 Å². The lowest BCUT2D eigenvalue weighted by molar-refractivity contribution is -0.386. The van der Waals surface area contributed by atoms with Crippen LogP contribution in [0.4, 0.5) is 5.69 Å². The zero-order valence-corrected chi connectivity index (χ0v) is 17.1. The van der Waals surface area contributed by atoms with E-state index in [1.54, 1.807) is 62.7 Å². The largest absolute Gasteiger partial charge is 0.312 e. The number of carbonyl (C=O) groups is 1. The number of hydrogen-bond acceptors (Lipinski definition) is 7. The van der Waals surface area contributed by atoms with Crippen molar-refractivity contribution in [2.45, 2.75) is 40.2 Å². The number of ketones is 1. The third-order valence-electron chi connectivity index (χ3n) is 4.75. The summed E-state index contributed by atoms with van der Waals surface area (Å²) in [6, 6.07) is 10.5. The number of Topliss-reactive ketones (excluding diaryl/α,β-unsaturated/α-hetero) is 1. The Kier molecular flexibility index (Phi) is 5.69. The van der Waals surface area contributed by atoms with Gasteiger partial charge in [-0.05, 0) is 39.3 Å². The maximum absolute atomic E-state index is 12.9. The van der Waals surface area contributed by atoms with Crippen LogP contribution in [-0.2, 0) is 6.54 Å². The molecule has 0 radical (unpaired) electrons. The molecule has 0 N–H and O–H groups in total. The molecule has 0 fully saturated rings. The molecule has 0 amide bonds. The Morgan fingerprint density at radius 3 is 2.27 bits per heavy atom. The van der Waals surface area contributed by atoms with Crippen molar-refractivity contribution in [3.8, 4) is 6.07 Å². The van der Waals surface area contributed by atoms with E-state index in [0.717, 1.165) is 5.56 Å². The molecular formula is C21H20N6O3.